The fourth-order valence-corrected chi connectivity index (χ4v) is 7.27. The molecule has 9 rings (SSSR count). The minimum absolute atomic E-state index is 0.0459. The Hall–Kier alpha value is -4.69. The van der Waals surface area contributed by atoms with Crippen molar-refractivity contribution in [1.82, 2.24) is 9.55 Å². The Bertz CT molecular complexity index is 2250. The molecule has 2 heterocycles. The van der Waals surface area contributed by atoms with Crippen LogP contribution < -0.4 is 0 Å². The Kier molecular flexibility index (Phi) is 3.64. The molecule has 0 unspecified atom stereocenters. The number of pyridine rings is 1. The van der Waals surface area contributed by atoms with E-state index in [1.165, 1.54) is 76.5 Å². The predicted molar refractivity (Wildman–Crippen MR) is 160 cm³/mol. The molecule has 0 saturated carbocycles. The molecule has 6 aromatic carbocycles. The van der Waals surface area contributed by atoms with E-state index >= 15 is 0 Å². The van der Waals surface area contributed by atoms with E-state index in [0.717, 1.165) is 5.52 Å². The number of hydrogen-bond acceptors (Lipinski definition) is 1. The van der Waals surface area contributed by atoms with Crippen molar-refractivity contribution in [2.75, 3.05) is 0 Å². The Morgan fingerprint density at radius 3 is 2.26 bits per heavy atom. The molecule has 38 heavy (non-hydrogen) atoms. The van der Waals surface area contributed by atoms with Crippen molar-refractivity contribution in [2.24, 2.45) is 0 Å². The maximum Gasteiger partial charge on any atom is 0.0724 e. The van der Waals surface area contributed by atoms with E-state index in [0.29, 0.717) is 0 Å². The summed E-state index contributed by atoms with van der Waals surface area (Å²) in [6, 6.07) is 36.2. The van der Waals surface area contributed by atoms with Gasteiger partial charge in [-0.15, -0.1) is 0 Å². The van der Waals surface area contributed by atoms with Gasteiger partial charge in [0.2, 0.25) is 0 Å². The van der Waals surface area contributed by atoms with E-state index in [4.69, 9.17) is 0 Å². The fraction of sp³-hybridized carbons (Fsp3) is 0.0833. The second-order valence-electron chi connectivity index (χ2n) is 11.3. The standard InChI is InChI=1S/C36H24N2/c1-36(2)29-9-4-3-8-25(29)26-15-13-24(19-30(26)36)38-31-18-23-11-10-21-6-5-7-22-12-14-28(34(23)33(21)22)35(31)27-16-17-37-20-32(27)38/h3-20H,1-2H3. The monoisotopic (exact) mass is 484 g/mol. The molecule has 0 atom stereocenters. The predicted octanol–water partition coefficient (Wildman–Crippen LogP) is 9.38. The quantitative estimate of drug-likeness (QED) is 0.212. The first-order valence-corrected chi connectivity index (χ1v) is 13.3. The number of benzene rings is 6. The summed E-state index contributed by atoms with van der Waals surface area (Å²) in [5, 5.41) is 10.4. The highest BCUT2D eigenvalue weighted by atomic mass is 15.0. The van der Waals surface area contributed by atoms with Crippen LogP contribution in [0.1, 0.15) is 25.0 Å². The molecule has 0 fully saturated rings. The third-order valence-corrected chi connectivity index (χ3v) is 9.00. The first kappa shape index (κ1) is 20.4. The molecule has 8 aromatic rings. The zero-order valence-corrected chi connectivity index (χ0v) is 21.3. The average molecular weight is 485 g/mol. The molecule has 0 bridgehead atoms. The molecular weight excluding hydrogens is 460 g/mol. The fourth-order valence-electron chi connectivity index (χ4n) is 7.27. The number of rotatable bonds is 1. The first-order valence-electron chi connectivity index (χ1n) is 13.3. The van der Waals surface area contributed by atoms with Gasteiger partial charge in [0.15, 0.2) is 0 Å². The van der Waals surface area contributed by atoms with Gasteiger partial charge < -0.3 is 4.57 Å². The van der Waals surface area contributed by atoms with Gasteiger partial charge in [0, 0.05) is 28.1 Å². The van der Waals surface area contributed by atoms with Crippen molar-refractivity contribution in [3.8, 4) is 16.8 Å². The SMILES string of the molecule is CC1(C)c2ccccc2-c2ccc(-n3c4cnccc4c4c5ccc6cccc7ccc(cc43)c5c76)cc21. The maximum atomic E-state index is 4.58. The van der Waals surface area contributed by atoms with Crippen LogP contribution in [0, 0.1) is 0 Å². The van der Waals surface area contributed by atoms with Gasteiger partial charge in [0.1, 0.15) is 0 Å². The Labute approximate surface area is 220 Å². The van der Waals surface area contributed by atoms with Crippen molar-refractivity contribution < 1.29 is 0 Å². The Morgan fingerprint density at radius 1 is 0.579 bits per heavy atom. The molecule has 2 nitrogen and oxygen atoms in total. The van der Waals surface area contributed by atoms with Gasteiger partial charge in [-0.2, -0.15) is 0 Å². The topological polar surface area (TPSA) is 17.8 Å². The lowest BCUT2D eigenvalue weighted by atomic mass is 9.82. The molecule has 0 aliphatic heterocycles. The summed E-state index contributed by atoms with van der Waals surface area (Å²) in [6.45, 7) is 4.69. The molecule has 0 N–H and O–H groups in total. The third-order valence-electron chi connectivity index (χ3n) is 9.00. The minimum Gasteiger partial charge on any atom is -0.308 e. The zero-order chi connectivity index (χ0) is 25.2. The van der Waals surface area contributed by atoms with Crippen LogP contribution in [0.15, 0.2) is 109 Å². The summed E-state index contributed by atoms with van der Waals surface area (Å²) >= 11 is 0. The average Bonchev–Trinajstić information content (AvgIpc) is 3.40. The van der Waals surface area contributed by atoms with E-state index < -0.39 is 0 Å². The van der Waals surface area contributed by atoms with Crippen molar-refractivity contribution in [3.05, 3.63) is 121 Å². The normalized spacial score (nSPS) is 14.3. The number of hydrogen-bond donors (Lipinski definition) is 0. The van der Waals surface area contributed by atoms with E-state index in [1.807, 2.05) is 12.4 Å². The molecule has 0 saturated heterocycles. The van der Waals surface area contributed by atoms with Crippen molar-refractivity contribution >= 4 is 54.1 Å². The Morgan fingerprint density at radius 2 is 1.37 bits per heavy atom. The van der Waals surface area contributed by atoms with Gasteiger partial charge >= 0.3 is 0 Å². The number of nitrogens with zero attached hydrogens (tertiary/aromatic N) is 2. The van der Waals surface area contributed by atoms with Crippen LogP contribution in [0.25, 0.3) is 70.9 Å². The molecular formula is C36H24N2. The zero-order valence-electron chi connectivity index (χ0n) is 21.3. The minimum atomic E-state index is -0.0459. The highest BCUT2D eigenvalue weighted by molar-refractivity contribution is 6.32. The van der Waals surface area contributed by atoms with Gasteiger partial charge in [-0.1, -0.05) is 86.6 Å². The lowest BCUT2D eigenvalue weighted by Gasteiger charge is -2.22. The molecule has 1 aliphatic carbocycles. The van der Waals surface area contributed by atoms with Crippen LogP contribution in [0.2, 0.25) is 0 Å². The number of fused-ring (bicyclic) bond motifs is 7. The van der Waals surface area contributed by atoms with E-state index in [9.17, 15) is 0 Å². The maximum absolute atomic E-state index is 4.58. The van der Waals surface area contributed by atoms with Gasteiger partial charge in [-0.3, -0.25) is 4.98 Å². The van der Waals surface area contributed by atoms with Crippen LogP contribution >= 0.6 is 0 Å². The third kappa shape index (κ3) is 2.36. The lowest BCUT2D eigenvalue weighted by Crippen LogP contribution is -2.15. The molecule has 2 heteroatoms. The summed E-state index contributed by atoms with van der Waals surface area (Å²) < 4.78 is 2.42. The summed E-state index contributed by atoms with van der Waals surface area (Å²) in [5.41, 5.74) is 8.99. The van der Waals surface area contributed by atoms with Crippen molar-refractivity contribution in [1.29, 1.82) is 0 Å². The lowest BCUT2D eigenvalue weighted by molar-refractivity contribution is 0.660. The van der Waals surface area contributed by atoms with Crippen molar-refractivity contribution in [2.45, 2.75) is 19.3 Å². The molecule has 1 aliphatic rings. The van der Waals surface area contributed by atoms with Crippen LogP contribution in [0.3, 0.4) is 0 Å². The van der Waals surface area contributed by atoms with Crippen LogP contribution in [-0.2, 0) is 5.41 Å². The summed E-state index contributed by atoms with van der Waals surface area (Å²) in [7, 11) is 0. The van der Waals surface area contributed by atoms with Gasteiger partial charge in [-0.05, 0) is 78.8 Å². The summed E-state index contributed by atoms with van der Waals surface area (Å²) in [5.74, 6) is 0. The highest BCUT2D eigenvalue weighted by Gasteiger charge is 2.35. The van der Waals surface area contributed by atoms with Gasteiger partial charge in [0.05, 0.1) is 17.2 Å². The molecule has 0 radical (unpaired) electrons. The summed E-state index contributed by atoms with van der Waals surface area (Å²) in [4.78, 5) is 4.58. The van der Waals surface area contributed by atoms with E-state index in [1.54, 1.807) is 0 Å². The van der Waals surface area contributed by atoms with E-state index in [2.05, 4.69) is 120 Å². The van der Waals surface area contributed by atoms with Gasteiger partial charge in [0.25, 0.3) is 0 Å². The second-order valence-corrected chi connectivity index (χ2v) is 11.3. The largest absolute Gasteiger partial charge is 0.308 e. The second kappa shape index (κ2) is 6.79. The van der Waals surface area contributed by atoms with Crippen molar-refractivity contribution in [3.63, 3.8) is 0 Å². The summed E-state index contributed by atoms with van der Waals surface area (Å²) in [6.07, 6.45) is 3.95. The molecule has 0 amide bonds. The molecule has 178 valence electrons. The smallest absolute Gasteiger partial charge is 0.0724 e. The van der Waals surface area contributed by atoms with Crippen LogP contribution in [-0.4, -0.2) is 9.55 Å². The molecule has 2 aromatic heterocycles. The highest BCUT2D eigenvalue weighted by Crippen LogP contribution is 2.50. The van der Waals surface area contributed by atoms with Crippen LogP contribution in [0.4, 0.5) is 0 Å². The molecule has 0 spiro atoms. The Balaban J connectivity index is 1.42. The van der Waals surface area contributed by atoms with Gasteiger partial charge in [-0.25, -0.2) is 0 Å². The number of aromatic nitrogens is 2. The first-order chi connectivity index (χ1) is 18.6. The van der Waals surface area contributed by atoms with Crippen LogP contribution in [0.5, 0.6) is 0 Å². The van der Waals surface area contributed by atoms with E-state index in [-0.39, 0.29) is 5.41 Å².